The summed E-state index contributed by atoms with van der Waals surface area (Å²) >= 11 is 5.73. The number of ether oxygens (including phenoxy) is 1. The summed E-state index contributed by atoms with van der Waals surface area (Å²) in [6.45, 7) is 0. The molecule has 4 nitrogen and oxygen atoms in total. The fourth-order valence-electron chi connectivity index (χ4n) is 1.71. The Balaban J connectivity index is 2.30. The van der Waals surface area contributed by atoms with Gasteiger partial charge in [0, 0.05) is 11.8 Å². The Morgan fingerprint density at radius 2 is 1.87 bits per heavy atom. The maximum Gasteiger partial charge on any atom is 0.573 e. The van der Waals surface area contributed by atoms with Gasteiger partial charge in [-0.25, -0.2) is 4.39 Å². The molecule has 23 heavy (non-hydrogen) atoms. The molecule has 0 aromatic heterocycles. The summed E-state index contributed by atoms with van der Waals surface area (Å²) in [4.78, 5) is 12.1. The molecule has 2 aromatic carbocycles. The van der Waals surface area contributed by atoms with Crippen LogP contribution in [0.25, 0.3) is 0 Å². The predicted octanol–water partition coefficient (Wildman–Crippen LogP) is 4.21. The van der Waals surface area contributed by atoms with Gasteiger partial charge in [-0.3, -0.25) is 4.79 Å². The molecule has 0 heterocycles. The van der Waals surface area contributed by atoms with Gasteiger partial charge < -0.3 is 15.8 Å². The van der Waals surface area contributed by atoms with Crippen LogP contribution in [0.1, 0.15) is 10.4 Å². The summed E-state index contributed by atoms with van der Waals surface area (Å²) in [5.74, 6) is -2.16. The normalized spacial score (nSPS) is 11.2. The van der Waals surface area contributed by atoms with E-state index in [4.69, 9.17) is 17.3 Å². The molecular weight excluding hydrogens is 340 g/mol. The number of amides is 1. The number of carbonyl (C=O) groups is 1. The first-order valence-corrected chi connectivity index (χ1v) is 6.45. The summed E-state index contributed by atoms with van der Waals surface area (Å²) in [5, 5.41) is 2.03. The number of nitrogen functional groups attached to an aromatic ring is 1. The van der Waals surface area contributed by atoms with Crippen LogP contribution in [0.4, 0.5) is 28.9 Å². The van der Waals surface area contributed by atoms with Gasteiger partial charge in [-0.05, 0) is 30.3 Å². The number of carbonyl (C=O) groups excluding carboxylic acids is 1. The number of alkyl halides is 3. The van der Waals surface area contributed by atoms with E-state index in [-0.39, 0.29) is 22.0 Å². The van der Waals surface area contributed by atoms with Crippen molar-refractivity contribution in [2.24, 2.45) is 0 Å². The minimum atomic E-state index is -4.96. The predicted molar refractivity (Wildman–Crippen MR) is 76.9 cm³/mol. The van der Waals surface area contributed by atoms with Crippen LogP contribution >= 0.6 is 11.6 Å². The zero-order chi connectivity index (χ0) is 17.2. The van der Waals surface area contributed by atoms with Gasteiger partial charge in [0.2, 0.25) is 0 Å². The van der Waals surface area contributed by atoms with Crippen LogP contribution in [-0.4, -0.2) is 12.3 Å². The summed E-state index contributed by atoms with van der Waals surface area (Å²) in [6, 6.07) is 6.35. The first kappa shape index (κ1) is 16.9. The Bertz CT molecular complexity index is 750. The average Bonchev–Trinajstić information content (AvgIpc) is 2.40. The molecule has 0 fully saturated rings. The van der Waals surface area contributed by atoms with E-state index in [1.54, 1.807) is 0 Å². The number of halogens is 5. The number of nitrogens with two attached hydrogens (primary N) is 1. The maximum absolute atomic E-state index is 13.0. The third-order valence-electron chi connectivity index (χ3n) is 2.66. The van der Waals surface area contributed by atoms with E-state index in [1.165, 1.54) is 6.07 Å². The fraction of sp³-hybridized carbons (Fsp3) is 0.0714. The number of benzene rings is 2. The Morgan fingerprint density at radius 3 is 2.48 bits per heavy atom. The molecule has 3 N–H and O–H groups in total. The van der Waals surface area contributed by atoms with E-state index in [1.807, 2.05) is 0 Å². The largest absolute Gasteiger partial charge is 0.573 e. The molecule has 2 aromatic rings. The Hall–Kier alpha value is -2.48. The van der Waals surface area contributed by atoms with Crippen molar-refractivity contribution >= 4 is 28.9 Å². The van der Waals surface area contributed by atoms with Crippen LogP contribution < -0.4 is 15.8 Å². The van der Waals surface area contributed by atoms with Crippen molar-refractivity contribution in [1.82, 2.24) is 0 Å². The monoisotopic (exact) mass is 348 g/mol. The average molecular weight is 349 g/mol. The molecule has 0 radical (unpaired) electrons. The highest BCUT2D eigenvalue weighted by atomic mass is 35.5. The van der Waals surface area contributed by atoms with Gasteiger partial charge in [0.15, 0.2) is 5.75 Å². The lowest BCUT2D eigenvalue weighted by atomic mass is 10.2. The Morgan fingerprint density at radius 1 is 1.17 bits per heavy atom. The molecule has 0 bridgehead atoms. The van der Waals surface area contributed by atoms with Gasteiger partial charge in [-0.2, -0.15) is 0 Å². The smallest absolute Gasteiger partial charge is 0.403 e. The number of hydrogen-bond acceptors (Lipinski definition) is 3. The molecule has 1 amide bonds. The second-order valence-electron chi connectivity index (χ2n) is 4.38. The minimum absolute atomic E-state index is 0.0158. The molecule has 0 saturated heterocycles. The van der Waals surface area contributed by atoms with Crippen molar-refractivity contribution in [1.29, 1.82) is 0 Å². The molecule has 0 atom stereocenters. The molecular formula is C14H9ClF4N2O2. The van der Waals surface area contributed by atoms with Crippen molar-refractivity contribution in [3.63, 3.8) is 0 Å². The van der Waals surface area contributed by atoms with Crippen LogP contribution in [0.2, 0.25) is 5.02 Å². The van der Waals surface area contributed by atoms with E-state index in [0.717, 1.165) is 30.3 Å². The minimum Gasteiger partial charge on any atom is -0.403 e. The van der Waals surface area contributed by atoms with Crippen molar-refractivity contribution in [2.75, 3.05) is 11.1 Å². The van der Waals surface area contributed by atoms with E-state index in [2.05, 4.69) is 10.1 Å². The maximum atomic E-state index is 13.0. The summed E-state index contributed by atoms with van der Waals surface area (Å²) in [5.41, 5.74) is 5.05. The van der Waals surface area contributed by atoms with Crippen LogP contribution in [0.3, 0.4) is 0 Å². The van der Waals surface area contributed by atoms with Crippen LogP contribution in [0, 0.1) is 5.82 Å². The van der Waals surface area contributed by atoms with Crippen molar-refractivity contribution in [3.05, 3.63) is 52.8 Å². The van der Waals surface area contributed by atoms with Gasteiger partial charge in [0.25, 0.3) is 5.91 Å². The van der Waals surface area contributed by atoms with E-state index < -0.39 is 23.8 Å². The zero-order valence-electron chi connectivity index (χ0n) is 11.2. The van der Waals surface area contributed by atoms with Crippen molar-refractivity contribution < 1.29 is 27.1 Å². The zero-order valence-corrected chi connectivity index (χ0v) is 12.0. The molecule has 0 aliphatic heterocycles. The highest BCUT2D eigenvalue weighted by Gasteiger charge is 2.32. The topological polar surface area (TPSA) is 64.3 Å². The lowest BCUT2D eigenvalue weighted by Gasteiger charge is -2.15. The fourth-order valence-corrected chi connectivity index (χ4v) is 1.97. The van der Waals surface area contributed by atoms with E-state index >= 15 is 0 Å². The molecule has 0 aliphatic carbocycles. The number of nitrogens with one attached hydrogen (secondary N) is 1. The molecule has 0 aliphatic rings. The molecule has 2 rings (SSSR count). The third-order valence-corrected chi connectivity index (χ3v) is 2.97. The molecule has 122 valence electrons. The molecule has 0 unspecified atom stereocenters. The van der Waals surface area contributed by atoms with E-state index in [9.17, 15) is 22.4 Å². The number of hydrogen-bond donors (Lipinski definition) is 2. The third kappa shape index (κ3) is 4.49. The Kier molecular flexibility index (Phi) is 4.65. The van der Waals surface area contributed by atoms with Gasteiger partial charge in [-0.1, -0.05) is 11.6 Å². The van der Waals surface area contributed by atoms with Gasteiger partial charge >= 0.3 is 6.36 Å². The molecule has 0 saturated carbocycles. The first-order valence-electron chi connectivity index (χ1n) is 6.07. The number of anilines is 2. The quantitative estimate of drug-likeness (QED) is 0.645. The number of rotatable bonds is 3. The summed E-state index contributed by atoms with van der Waals surface area (Å²) in [6.07, 6.45) is -4.96. The van der Waals surface area contributed by atoms with Crippen molar-refractivity contribution in [3.8, 4) is 5.75 Å². The Labute approximate surface area is 132 Å². The van der Waals surface area contributed by atoms with Crippen LogP contribution in [0.15, 0.2) is 36.4 Å². The highest BCUT2D eigenvalue weighted by molar-refractivity contribution is 6.34. The molecule has 0 spiro atoms. The highest BCUT2D eigenvalue weighted by Crippen LogP contribution is 2.32. The summed E-state index contributed by atoms with van der Waals surface area (Å²) < 4.78 is 53.9. The van der Waals surface area contributed by atoms with Gasteiger partial charge in [-0.15, -0.1) is 13.2 Å². The standard InChI is InChI=1S/C14H9ClF4N2O2/c15-10-5-7(16)1-3-9(10)13(22)21-11-4-2-8(20)6-12(11)23-14(17,18)19/h1-6H,20H2,(H,21,22). The van der Waals surface area contributed by atoms with Gasteiger partial charge in [0.05, 0.1) is 16.3 Å². The second-order valence-corrected chi connectivity index (χ2v) is 4.79. The molecule has 9 heteroatoms. The van der Waals surface area contributed by atoms with Gasteiger partial charge in [0.1, 0.15) is 5.82 Å². The van der Waals surface area contributed by atoms with Crippen LogP contribution in [0.5, 0.6) is 5.75 Å². The lowest BCUT2D eigenvalue weighted by molar-refractivity contribution is -0.274. The van der Waals surface area contributed by atoms with E-state index in [0.29, 0.717) is 0 Å². The second kappa shape index (κ2) is 6.33. The van der Waals surface area contributed by atoms with Crippen molar-refractivity contribution in [2.45, 2.75) is 6.36 Å². The lowest BCUT2D eigenvalue weighted by Crippen LogP contribution is -2.20. The SMILES string of the molecule is Nc1ccc(NC(=O)c2ccc(F)cc2Cl)c(OC(F)(F)F)c1. The summed E-state index contributed by atoms with van der Waals surface area (Å²) in [7, 11) is 0. The first-order chi connectivity index (χ1) is 10.7. The van der Waals surface area contributed by atoms with Crippen LogP contribution in [-0.2, 0) is 0 Å².